The molecule has 3 atom stereocenters. The van der Waals surface area contributed by atoms with E-state index in [1.807, 2.05) is 53.4 Å². The molecule has 156 valence electrons. The lowest BCUT2D eigenvalue weighted by molar-refractivity contribution is -0.110. The van der Waals surface area contributed by atoms with E-state index in [1.54, 1.807) is 0 Å². The number of ketones is 1. The maximum atomic E-state index is 13.5. The van der Waals surface area contributed by atoms with Gasteiger partial charge in [0.25, 0.3) is 5.91 Å². The number of piperidine rings is 1. The van der Waals surface area contributed by atoms with E-state index in [0.717, 1.165) is 55.2 Å². The van der Waals surface area contributed by atoms with Crippen LogP contribution in [0.5, 0.6) is 0 Å². The highest BCUT2D eigenvalue weighted by Crippen LogP contribution is 2.47. The van der Waals surface area contributed by atoms with Crippen molar-refractivity contribution < 1.29 is 14.7 Å². The molecule has 3 aliphatic rings. The standard InChI is InChI=1S/C26H29NO3/c28-24-12-6-7-18-13-14-19(17-21(18)24)25(29)27-16-15-26(30,20-8-2-1-3-9-20)22-10-4-5-11-23(22)27/h1-3,8-9,13-14,17,22-23,30H,4-7,10-12,15-16H2/t22-,23-,26-/m1/s1. The Morgan fingerprint density at radius 2 is 1.80 bits per heavy atom. The Morgan fingerprint density at radius 3 is 2.63 bits per heavy atom. The van der Waals surface area contributed by atoms with Gasteiger partial charge in [-0.3, -0.25) is 9.59 Å². The summed E-state index contributed by atoms with van der Waals surface area (Å²) < 4.78 is 0. The van der Waals surface area contributed by atoms with Gasteiger partial charge in [0.15, 0.2) is 5.78 Å². The number of aliphatic hydroxyl groups is 1. The van der Waals surface area contributed by atoms with Crippen LogP contribution in [0, 0.1) is 5.92 Å². The number of fused-ring (bicyclic) bond motifs is 2. The number of likely N-dealkylation sites (tertiary alicyclic amines) is 1. The second-order valence-corrected chi connectivity index (χ2v) is 9.15. The van der Waals surface area contributed by atoms with Crippen molar-refractivity contribution in [2.75, 3.05) is 6.54 Å². The summed E-state index contributed by atoms with van der Waals surface area (Å²) in [7, 11) is 0. The van der Waals surface area contributed by atoms with E-state index in [-0.39, 0.29) is 23.7 Å². The number of amides is 1. The lowest BCUT2D eigenvalue weighted by atomic mass is 9.66. The average Bonchev–Trinajstić information content (AvgIpc) is 2.80. The largest absolute Gasteiger partial charge is 0.385 e. The zero-order valence-electron chi connectivity index (χ0n) is 17.3. The van der Waals surface area contributed by atoms with Gasteiger partial charge in [-0.25, -0.2) is 0 Å². The normalized spacial score (nSPS) is 28.6. The summed E-state index contributed by atoms with van der Waals surface area (Å²) in [5.41, 5.74) is 2.49. The fraction of sp³-hybridized carbons (Fsp3) is 0.462. The first-order valence-corrected chi connectivity index (χ1v) is 11.3. The number of carbonyl (C=O) groups is 2. The molecule has 0 unspecified atom stereocenters. The molecular formula is C26H29NO3. The van der Waals surface area contributed by atoms with Crippen LogP contribution in [0.3, 0.4) is 0 Å². The molecule has 1 heterocycles. The smallest absolute Gasteiger partial charge is 0.254 e. The van der Waals surface area contributed by atoms with E-state index in [9.17, 15) is 14.7 Å². The summed E-state index contributed by atoms with van der Waals surface area (Å²) in [6.07, 6.45) is 6.96. The van der Waals surface area contributed by atoms with Crippen LogP contribution >= 0.6 is 0 Å². The van der Waals surface area contributed by atoms with Crippen molar-refractivity contribution in [1.82, 2.24) is 4.90 Å². The van der Waals surface area contributed by atoms with E-state index in [0.29, 0.717) is 24.9 Å². The van der Waals surface area contributed by atoms with Gasteiger partial charge < -0.3 is 10.0 Å². The van der Waals surface area contributed by atoms with Gasteiger partial charge in [-0.1, -0.05) is 49.2 Å². The van der Waals surface area contributed by atoms with E-state index in [1.165, 1.54) is 0 Å². The van der Waals surface area contributed by atoms with E-state index >= 15 is 0 Å². The number of hydrogen-bond donors (Lipinski definition) is 1. The predicted octanol–water partition coefficient (Wildman–Crippen LogP) is 4.50. The summed E-state index contributed by atoms with van der Waals surface area (Å²) in [6.45, 7) is 0.538. The third kappa shape index (κ3) is 3.18. The third-order valence-corrected chi connectivity index (χ3v) is 7.52. The molecule has 1 amide bonds. The molecule has 1 saturated carbocycles. The van der Waals surface area contributed by atoms with Gasteiger partial charge in [0.05, 0.1) is 5.60 Å². The van der Waals surface area contributed by atoms with Crippen LogP contribution in [0.15, 0.2) is 48.5 Å². The number of Topliss-reactive ketones (excluding diaryl/α,β-unsaturated/α-hetero) is 1. The zero-order valence-corrected chi connectivity index (χ0v) is 17.3. The molecule has 1 saturated heterocycles. The van der Waals surface area contributed by atoms with Crippen molar-refractivity contribution >= 4 is 11.7 Å². The molecule has 1 N–H and O–H groups in total. The molecule has 0 radical (unpaired) electrons. The number of nitrogens with zero attached hydrogens (tertiary/aromatic N) is 1. The fourth-order valence-electron chi connectivity index (χ4n) is 5.95. The second-order valence-electron chi connectivity index (χ2n) is 9.15. The van der Waals surface area contributed by atoms with Crippen molar-refractivity contribution in [1.29, 1.82) is 0 Å². The molecule has 2 aliphatic carbocycles. The number of hydrogen-bond acceptors (Lipinski definition) is 3. The first kappa shape index (κ1) is 19.5. The van der Waals surface area contributed by atoms with Crippen LogP contribution < -0.4 is 0 Å². The van der Waals surface area contributed by atoms with Gasteiger partial charge in [0.2, 0.25) is 0 Å². The van der Waals surface area contributed by atoms with Crippen molar-refractivity contribution in [2.24, 2.45) is 5.92 Å². The highest BCUT2D eigenvalue weighted by molar-refractivity contribution is 6.02. The Balaban J connectivity index is 1.45. The highest BCUT2D eigenvalue weighted by Gasteiger charge is 2.50. The van der Waals surface area contributed by atoms with Gasteiger partial charge in [-0.15, -0.1) is 0 Å². The Kier molecular flexibility index (Phi) is 4.98. The van der Waals surface area contributed by atoms with Crippen LogP contribution in [0.4, 0.5) is 0 Å². The minimum atomic E-state index is -0.880. The van der Waals surface area contributed by atoms with Gasteiger partial charge in [0, 0.05) is 36.1 Å². The lowest BCUT2D eigenvalue weighted by Crippen LogP contribution is -2.59. The predicted molar refractivity (Wildman–Crippen MR) is 115 cm³/mol. The van der Waals surface area contributed by atoms with Crippen molar-refractivity contribution in [3.8, 4) is 0 Å². The van der Waals surface area contributed by atoms with Crippen molar-refractivity contribution in [2.45, 2.75) is 63.0 Å². The number of benzene rings is 2. The monoisotopic (exact) mass is 403 g/mol. The summed E-state index contributed by atoms with van der Waals surface area (Å²) in [5.74, 6) is 0.201. The molecule has 0 aromatic heterocycles. The first-order chi connectivity index (χ1) is 14.6. The SMILES string of the molecule is O=C1CCCc2ccc(C(=O)N3CC[C@@](O)(c4ccccc4)[C@@H]4CCCC[C@H]43)cc21. The molecule has 0 bridgehead atoms. The third-order valence-electron chi connectivity index (χ3n) is 7.52. The molecule has 30 heavy (non-hydrogen) atoms. The van der Waals surface area contributed by atoms with E-state index in [4.69, 9.17) is 0 Å². The fourth-order valence-corrected chi connectivity index (χ4v) is 5.95. The minimum absolute atomic E-state index is 0.00295. The maximum absolute atomic E-state index is 13.5. The second kappa shape index (κ2) is 7.66. The summed E-state index contributed by atoms with van der Waals surface area (Å²) in [6, 6.07) is 15.7. The highest BCUT2D eigenvalue weighted by atomic mass is 16.3. The number of aryl methyl sites for hydroxylation is 1. The van der Waals surface area contributed by atoms with Gasteiger partial charge >= 0.3 is 0 Å². The number of rotatable bonds is 2. The van der Waals surface area contributed by atoms with Crippen LogP contribution in [-0.4, -0.2) is 34.3 Å². The van der Waals surface area contributed by atoms with Gasteiger partial charge in [0.1, 0.15) is 0 Å². The molecule has 2 fully saturated rings. The van der Waals surface area contributed by atoms with Crippen LogP contribution in [0.25, 0.3) is 0 Å². The maximum Gasteiger partial charge on any atom is 0.254 e. The molecule has 5 rings (SSSR count). The lowest BCUT2D eigenvalue weighted by Gasteiger charge is -2.52. The van der Waals surface area contributed by atoms with Crippen LogP contribution in [-0.2, 0) is 12.0 Å². The molecule has 4 nitrogen and oxygen atoms in total. The summed E-state index contributed by atoms with van der Waals surface area (Å²) in [5, 5.41) is 11.7. The number of carbonyl (C=O) groups excluding carboxylic acids is 2. The summed E-state index contributed by atoms with van der Waals surface area (Å²) >= 11 is 0. The molecule has 1 aliphatic heterocycles. The van der Waals surface area contributed by atoms with Gasteiger partial charge in [-0.05, 0) is 55.4 Å². The minimum Gasteiger partial charge on any atom is -0.385 e. The van der Waals surface area contributed by atoms with E-state index in [2.05, 4.69) is 0 Å². The van der Waals surface area contributed by atoms with Crippen molar-refractivity contribution in [3.63, 3.8) is 0 Å². The Labute approximate surface area is 177 Å². The van der Waals surface area contributed by atoms with Gasteiger partial charge in [-0.2, -0.15) is 0 Å². The Bertz CT molecular complexity index is 969. The Morgan fingerprint density at radius 1 is 1.00 bits per heavy atom. The topological polar surface area (TPSA) is 57.6 Å². The molecular weight excluding hydrogens is 374 g/mol. The van der Waals surface area contributed by atoms with E-state index < -0.39 is 5.60 Å². The quantitative estimate of drug-likeness (QED) is 0.803. The van der Waals surface area contributed by atoms with Crippen molar-refractivity contribution in [3.05, 3.63) is 70.8 Å². The first-order valence-electron chi connectivity index (χ1n) is 11.3. The molecule has 0 spiro atoms. The van der Waals surface area contributed by atoms with Crippen LogP contribution in [0.2, 0.25) is 0 Å². The summed E-state index contributed by atoms with van der Waals surface area (Å²) in [4.78, 5) is 27.9. The zero-order chi connectivity index (χ0) is 20.7. The molecule has 4 heteroatoms. The Hall–Kier alpha value is -2.46. The molecule has 2 aromatic carbocycles. The van der Waals surface area contributed by atoms with Crippen LogP contribution in [0.1, 0.15) is 76.8 Å². The molecule has 2 aromatic rings. The average molecular weight is 404 g/mol.